The normalized spacial score (nSPS) is 24.7. The molecule has 0 aromatic heterocycles. The maximum atomic E-state index is 13.4. The number of benzene rings is 2. The average molecular weight is 463 g/mol. The predicted molar refractivity (Wildman–Crippen MR) is 127 cm³/mol. The molecule has 0 spiro atoms. The van der Waals surface area contributed by atoms with Gasteiger partial charge in [0.1, 0.15) is 6.10 Å². The molecule has 0 saturated carbocycles. The van der Waals surface area contributed by atoms with Crippen molar-refractivity contribution in [3.05, 3.63) is 59.2 Å². The largest absolute Gasteiger partial charge is 0.454 e. The number of nitrogens with zero attached hydrogens (tertiary/aromatic N) is 2. The molecule has 2 aromatic rings. The number of hydrogen-bond donors (Lipinski definition) is 2. The molecule has 0 bridgehead atoms. The molecule has 3 aliphatic rings. The van der Waals surface area contributed by atoms with Gasteiger partial charge >= 0.3 is 0 Å². The summed E-state index contributed by atoms with van der Waals surface area (Å²) in [6.45, 7) is 4.15. The van der Waals surface area contributed by atoms with Gasteiger partial charge in [-0.05, 0) is 62.2 Å². The summed E-state index contributed by atoms with van der Waals surface area (Å²) >= 11 is 0. The van der Waals surface area contributed by atoms with Crippen LogP contribution in [0.2, 0.25) is 0 Å². The van der Waals surface area contributed by atoms with E-state index in [1.54, 1.807) is 25.1 Å². The highest BCUT2D eigenvalue weighted by Gasteiger charge is 2.49. The average Bonchev–Trinajstić information content (AvgIpc) is 3.30. The number of carbonyl (C=O) groups excluding carboxylic acids is 1. The van der Waals surface area contributed by atoms with Crippen LogP contribution in [0.3, 0.4) is 0 Å². The fourth-order valence-corrected chi connectivity index (χ4v) is 5.31. The van der Waals surface area contributed by atoms with Crippen molar-refractivity contribution >= 4 is 5.91 Å². The molecular formula is C27H30N2O5. The Morgan fingerprint density at radius 2 is 1.88 bits per heavy atom. The number of ether oxygens (including phenoxy) is 2. The standard InChI is InChI=1S/C27H30N2O5/c1-18(31)4-5-19-6-8-20(9-7-19)26-22-15-28(12-2-3-13-29(22)23(26)16-30)27(32)21-10-11-24-25(14-21)34-17-33-24/h6-11,14,18,22-23,26,30-31H,2-3,12-13,15-17H2,1H3/t18-,22-,23-,26+/m1/s1. The molecule has 1 amide bonds. The smallest absolute Gasteiger partial charge is 0.254 e. The van der Waals surface area contributed by atoms with E-state index >= 15 is 0 Å². The Hall–Kier alpha value is -3.05. The number of amides is 1. The van der Waals surface area contributed by atoms with E-state index in [1.807, 2.05) is 17.0 Å². The van der Waals surface area contributed by atoms with E-state index in [-0.39, 0.29) is 37.3 Å². The van der Waals surface area contributed by atoms with E-state index in [2.05, 4.69) is 28.9 Å². The predicted octanol–water partition coefficient (Wildman–Crippen LogP) is 2.21. The van der Waals surface area contributed by atoms with Gasteiger partial charge in [0, 0.05) is 42.2 Å². The molecule has 7 nitrogen and oxygen atoms in total. The summed E-state index contributed by atoms with van der Waals surface area (Å²) in [7, 11) is 0. The number of aliphatic hydroxyl groups excluding tert-OH is 2. The van der Waals surface area contributed by atoms with Crippen LogP contribution in [-0.4, -0.2) is 77.1 Å². The highest BCUT2D eigenvalue weighted by Crippen LogP contribution is 2.42. The van der Waals surface area contributed by atoms with Crippen LogP contribution >= 0.6 is 0 Å². The van der Waals surface area contributed by atoms with Crippen molar-refractivity contribution in [3.8, 4) is 23.3 Å². The van der Waals surface area contributed by atoms with Crippen LogP contribution < -0.4 is 9.47 Å². The van der Waals surface area contributed by atoms with E-state index < -0.39 is 6.10 Å². The maximum absolute atomic E-state index is 13.4. The van der Waals surface area contributed by atoms with Crippen LogP contribution in [0.4, 0.5) is 0 Å². The van der Waals surface area contributed by atoms with Crippen LogP contribution in [0.5, 0.6) is 11.5 Å². The van der Waals surface area contributed by atoms with Crippen molar-refractivity contribution in [1.82, 2.24) is 9.80 Å². The first kappa shape index (κ1) is 22.7. The van der Waals surface area contributed by atoms with E-state index in [4.69, 9.17) is 9.47 Å². The third-order valence-electron chi connectivity index (χ3n) is 7.00. The zero-order valence-corrected chi connectivity index (χ0v) is 19.3. The van der Waals surface area contributed by atoms with Crippen molar-refractivity contribution in [2.24, 2.45) is 0 Å². The van der Waals surface area contributed by atoms with Crippen LogP contribution in [0.25, 0.3) is 0 Å². The Balaban J connectivity index is 1.37. The van der Waals surface area contributed by atoms with E-state index in [0.717, 1.165) is 30.5 Å². The first-order valence-corrected chi connectivity index (χ1v) is 11.9. The Kier molecular flexibility index (Phi) is 6.46. The number of aliphatic hydroxyl groups is 2. The van der Waals surface area contributed by atoms with Gasteiger partial charge in [0.2, 0.25) is 6.79 Å². The lowest BCUT2D eigenvalue weighted by Crippen LogP contribution is -2.67. The molecule has 2 saturated heterocycles. The minimum Gasteiger partial charge on any atom is -0.454 e. The van der Waals surface area contributed by atoms with Crippen LogP contribution in [-0.2, 0) is 0 Å². The third kappa shape index (κ3) is 4.37. The molecule has 34 heavy (non-hydrogen) atoms. The molecule has 2 N–H and O–H groups in total. The van der Waals surface area contributed by atoms with Gasteiger partial charge in [0.05, 0.1) is 6.61 Å². The number of carbonyl (C=O) groups is 1. The van der Waals surface area contributed by atoms with Crippen LogP contribution in [0, 0.1) is 11.8 Å². The first-order valence-electron chi connectivity index (χ1n) is 11.9. The minimum atomic E-state index is -0.665. The van der Waals surface area contributed by atoms with Crippen molar-refractivity contribution in [1.29, 1.82) is 0 Å². The fourth-order valence-electron chi connectivity index (χ4n) is 5.31. The fraction of sp³-hybridized carbons (Fsp3) is 0.444. The van der Waals surface area contributed by atoms with Crippen LogP contribution in [0.15, 0.2) is 42.5 Å². The zero-order valence-electron chi connectivity index (χ0n) is 19.3. The van der Waals surface area contributed by atoms with Gasteiger partial charge in [-0.15, -0.1) is 0 Å². The summed E-state index contributed by atoms with van der Waals surface area (Å²) in [6.07, 6.45) is 1.25. The zero-order chi connectivity index (χ0) is 23.7. The van der Waals surface area contributed by atoms with Gasteiger partial charge in [-0.25, -0.2) is 0 Å². The molecule has 3 aliphatic heterocycles. The van der Waals surface area contributed by atoms with Crippen LogP contribution in [0.1, 0.15) is 47.2 Å². The summed E-state index contributed by atoms with van der Waals surface area (Å²) in [5.74, 6) is 7.15. The monoisotopic (exact) mass is 462 g/mol. The molecule has 7 heteroatoms. The Bertz CT molecular complexity index is 1100. The molecule has 0 unspecified atom stereocenters. The van der Waals surface area contributed by atoms with Crippen molar-refractivity contribution in [3.63, 3.8) is 0 Å². The Labute approximate surface area is 199 Å². The van der Waals surface area contributed by atoms with Crippen molar-refractivity contribution < 1.29 is 24.5 Å². The van der Waals surface area contributed by atoms with Gasteiger partial charge in [-0.1, -0.05) is 24.0 Å². The Morgan fingerprint density at radius 1 is 1.12 bits per heavy atom. The SMILES string of the molecule is C[C@@H](O)C#Cc1ccc([C@@H]2[C@@H](CO)N3CCCCN(C(=O)c4ccc5c(c4)OCO5)C[C@H]23)cc1. The molecule has 4 atom stereocenters. The van der Waals surface area contributed by atoms with Gasteiger partial charge < -0.3 is 24.6 Å². The van der Waals surface area contributed by atoms with Crippen molar-refractivity contribution in [2.45, 2.75) is 43.9 Å². The summed E-state index contributed by atoms with van der Waals surface area (Å²) in [4.78, 5) is 17.7. The highest BCUT2D eigenvalue weighted by atomic mass is 16.7. The summed E-state index contributed by atoms with van der Waals surface area (Å²) in [5.41, 5.74) is 2.59. The molecule has 3 heterocycles. The second kappa shape index (κ2) is 9.67. The number of fused-ring (bicyclic) bond motifs is 2. The molecule has 178 valence electrons. The first-order chi connectivity index (χ1) is 16.5. The second-order valence-corrected chi connectivity index (χ2v) is 9.17. The molecular weight excluding hydrogens is 432 g/mol. The molecule has 2 aromatic carbocycles. The lowest BCUT2D eigenvalue weighted by molar-refractivity contribution is -0.0606. The Morgan fingerprint density at radius 3 is 2.65 bits per heavy atom. The topological polar surface area (TPSA) is 82.5 Å². The summed E-state index contributed by atoms with van der Waals surface area (Å²) in [5, 5.41) is 19.6. The summed E-state index contributed by atoms with van der Waals surface area (Å²) in [6, 6.07) is 13.6. The third-order valence-corrected chi connectivity index (χ3v) is 7.00. The quantitative estimate of drug-likeness (QED) is 0.681. The van der Waals surface area contributed by atoms with E-state index in [1.165, 1.54) is 0 Å². The summed E-state index contributed by atoms with van der Waals surface area (Å²) < 4.78 is 10.8. The van der Waals surface area contributed by atoms with Gasteiger partial charge in [0.25, 0.3) is 5.91 Å². The second-order valence-electron chi connectivity index (χ2n) is 9.17. The lowest BCUT2D eigenvalue weighted by Gasteiger charge is -2.57. The molecule has 2 fully saturated rings. The van der Waals surface area contributed by atoms with E-state index in [0.29, 0.717) is 30.2 Å². The van der Waals surface area contributed by atoms with Gasteiger partial charge in [-0.3, -0.25) is 9.69 Å². The molecule has 0 aliphatic carbocycles. The van der Waals surface area contributed by atoms with E-state index in [9.17, 15) is 15.0 Å². The highest BCUT2D eigenvalue weighted by molar-refractivity contribution is 5.95. The van der Waals surface area contributed by atoms with Crippen molar-refractivity contribution in [2.75, 3.05) is 33.0 Å². The van der Waals surface area contributed by atoms with Gasteiger partial charge in [-0.2, -0.15) is 0 Å². The maximum Gasteiger partial charge on any atom is 0.254 e. The molecule has 0 radical (unpaired) electrons. The number of rotatable bonds is 3. The lowest BCUT2D eigenvalue weighted by atomic mass is 9.74. The van der Waals surface area contributed by atoms with Gasteiger partial charge in [0.15, 0.2) is 11.5 Å². The molecule has 5 rings (SSSR count). The minimum absolute atomic E-state index is 0.00454. The number of hydrogen-bond acceptors (Lipinski definition) is 6.